The minimum absolute atomic E-state index is 0. The number of carbonyl (C=O) groups is 1. The van der Waals surface area contributed by atoms with E-state index in [9.17, 15) is 9.90 Å². The van der Waals surface area contributed by atoms with E-state index in [2.05, 4.69) is 96.1 Å². The second kappa shape index (κ2) is 16.9. The Morgan fingerprint density at radius 3 is 1.94 bits per heavy atom. The third-order valence-corrected chi connectivity index (χ3v) is 9.65. The first-order valence-electron chi connectivity index (χ1n) is 18.8. The summed E-state index contributed by atoms with van der Waals surface area (Å²) in [5.41, 5.74) is 7.20. The number of carbonyl (C=O) groups excluding carboxylic acids is 1. The van der Waals surface area contributed by atoms with Gasteiger partial charge in [-0.05, 0) is 94.8 Å². The Bertz CT molecular complexity index is 2160. The summed E-state index contributed by atoms with van der Waals surface area (Å²) < 4.78 is 12.9. The fraction of sp³-hybridized carbons (Fsp3) is 0.435. The van der Waals surface area contributed by atoms with Crippen molar-refractivity contribution in [3.63, 3.8) is 0 Å². The standard InChI is InChI=1S/C33H32NO2.C13H24O2.Ir/c1-32(2,3)18-20-11-13-24-27(15-20)35-30-23-10-8-7-9-22(23)17-25(29(24)30)31-34-26-14-12-21(16-28(26)36-31)19-33(4,5)6;1-5-10(6-2)12(14)9-13(15)11(7-3)8-4;/h7-16H,18-19H2,1-6H3;9-11,14H,5-8H2,1-4H3;/q-1;;/b;12-9-;. The average Bonchev–Trinajstić information content (AvgIpc) is 3.66. The number of benzene rings is 4. The summed E-state index contributed by atoms with van der Waals surface area (Å²) in [7, 11) is 0. The molecule has 0 aliphatic rings. The van der Waals surface area contributed by atoms with E-state index >= 15 is 0 Å². The maximum atomic E-state index is 11.7. The molecule has 2 heterocycles. The summed E-state index contributed by atoms with van der Waals surface area (Å²) in [5.74, 6) is 1.13. The molecule has 0 amide bonds. The second-order valence-electron chi connectivity index (χ2n) is 16.5. The van der Waals surface area contributed by atoms with Crippen molar-refractivity contribution in [2.45, 2.75) is 108 Å². The van der Waals surface area contributed by atoms with Crippen molar-refractivity contribution in [3.8, 4) is 11.5 Å². The summed E-state index contributed by atoms with van der Waals surface area (Å²) in [6.45, 7) is 21.6. The number of rotatable bonds is 10. The number of ketones is 1. The number of oxazole rings is 1. The smallest absolute Gasteiger partial charge is 0.162 e. The van der Waals surface area contributed by atoms with Gasteiger partial charge in [-0.15, -0.1) is 17.5 Å². The number of aliphatic hydroxyl groups is 1. The topological polar surface area (TPSA) is 76.5 Å². The maximum absolute atomic E-state index is 11.7. The van der Waals surface area contributed by atoms with Crippen LogP contribution in [0.15, 0.2) is 81.3 Å². The van der Waals surface area contributed by atoms with Crippen molar-refractivity contribution < 1.29 is 38.8 Å². The molecule has 5 nitrogen and oxygen atoms in total. The molecule has 0 spiro atoms. The van der Waals surface area contributed by atoms with E-state index in [1.807, 2.05) is 39.8 Å². The van der Waals surface area contributed by atoms with Crippen LogP contribution in [0.3, 0.4) is 0 Å². The molecule has 52 heavy (non-hydrogen) atoms. The van der Waals surface area contributed by atoms with E-state index in [1.165, 1.54) is 17.2 Å². The quantitative estimate of drug-likeness (QED) is 0.0843. The number of furan rings is 1. The van der Waals surface area contributed by atoms with Crippen molar-refractivity contribution in [1.29, 1.82) is 0 Å². The van der Waals surface area contributed by atoms with Crippen LogP contribution in [0.25, 0.3) is 55.3 Å². The molecule has 6 heteroatoms. The fourth-order valence-electron chi connectivity index (χ4n) is 7.03. The zero-order chi connectivity index (χ0) is 37.1. The van der Waals surface area contributed by atoms with E-state index in [-0.39, 0.29) is 54.3 Å². The van der Waals surface area contributed by atoms with Crippen LogP contribution in [0.2, 0.25) is 0 Å². The Labute approximate surface area is 323 Å². The Morgan fingerprint density at radius 2 is 1.35 bits per heavy atom. The van der Waals surface area contributed by atoms with Crippen LogP contribution in [-0.2, 0) is 37.7 Å². The molecule has 6 rings (SSSR count). The molecule has 4 aromatic carbocycles. The summed E-state index contributed by atoms with van der Waals surface area (Å²) in [6, 6.07) is 24.8. The molecule has 0 saturated heterocycles. The first-order chi connectivity index (χ1) is 24.1. The van der Waals surface area contributed by atoms with Gasteiger partial charge in [0, 0.05) is 38.0 Å². The largest absolute Gasteiger partial charge is 0.512 e. The summed E-state index contributed by atoms with van der Waals surface area (Å²) >= 11 is 0. The van der Waals surface area contributed by atoms with E-state index in [1.54, 1.807) is 0 Å². The van der Waals surface area contributed by atoms with Gasteiger partial charge in [0.25, 0.3) is 0 Å². The molecule has 0 atom stereocenters. The maximum Gasteiger partial charge on any atom is 0.162 e. The van der Waals surface area contributed by atoms with Crippen molar-refractivity contribution in [1.82, 2.24) is 4.98 Å². The predicted octanol–water partition coefficient (Wildman–Crippen LogP) is 13.4. The van der Waals surface area contributed by atoms with Gasteiger partial charge in [0.2, 0.25) is 0 Å². The zero-order valence-corrected chi connectivity index (χ0v) is 35.1. The first kappa shape index (κ1) is 41.0. The third-order valence-electron chi connectivity index (χ3n) is 9.65. The Hall–Kier alpha value is -3.73. The van der Waals surface area contributed by atoms with E-state index in [0.717, 1.165) is 87.9 Å². The Morgan fingerprint density at radius 1 is 0.769 bits per heavy atom. The van der Waals surface area contributed by atoms with Crippen molar-refractivity contribution in [2.75, 3.05) is 0 Å². The molecule has 0 aliphatic carbocycles. The van der Waals surface area contributed by atoms with Crippen LogP contribution in [0.1, 0.15) is 106 Å². The average molecular weight is 879 g/mol. The Balaban J connectivity index is 0.000000323. The first-order valence-corrected chi connectivity index (χ1v) is 18.8. The number of aromatic nitrogens is 1. The number of nitrogens with zero attached hydrogens (tertiary/aromatic N) is 1. The van der Waals surface area contributed by atoms with Crippen LogP contribution in [-0.4, -0.2) is 15.9 Å². The van der Waals surface area contributed by atoms with Crippen molar-refractivity contribution >= 4 is 49.6 Å². The van der Waals surface area contributed by atoms with Crippen LogP contribution in [0.5, 0.6) is 0 Å². The van der Waals surface area contributed by atoms with Gasteiger partial charge in [-0.1, -0.05) is 111 Å². The molecule has 0 bridgehead atoms. The van der Waals surface area contributed by atoms with Crippen LogP contribution < -0.4 is 0 Å². The number of fused-ring (bicyclic) bond motifs is 6. The molecule has 1 radical (unpaired) electrons. The summed E-state index contributed by atoms with van der Waals surface area (Å²) in [5, 5.41) is 13.9. The van der Waals surface area contributed by atoms with Gasteiger partial charge in [-0.25, -0.2) is 4.98 Å². The number of hydrogen-bond acceptors (Lipinski definition) is 5. The zero-order valence-electron chi connectivity index (χ0n) is 32.7. The molecular weight excluding hydrogens is 823 g/mol. The molecule has 1 N–H and O–H groups in total. The minimum atomic E-state index is 0. The number of aliphatic hydroxyl groups excluding tert-OH is 1. The molecule has 279 valence electrons. The third kappa shape index (κ3) is 9.62. The van der Waals surface area contributed by atoms with Crippen molar-refractivity contribution in [3.05, 3.63) is 89.7 Å². The molecule has 0 saturated carbocycles. The van der Waals surface area contributed by atoms with E-state index in [4.69, 9.17) is 13.8 Å². The Kier molecular flexibility index (Phi) is 13.4. The molecule has 0 unspecified atom stereocenters. The van der Waals surface area contributed by atoms with Crippen LogP contribution in [0.4, 0.5) is 0 Å². The molecule has 2 aromatic heterocycles. The van der Waals surface area contributed by atoms with Crippen LogP contribution in [0, 0.1) is 28.7 Å². The summed E-state index contributed by atoms with van der Waals surface area (Å²) in [6.07, 6.45) is 6.87. The molecule has 0 aliphatic heterocycles. The van der Waals surface area contributed by atoms with E-state index in [0.29, 0.717) is 5.89 Å². The minimum Gasteiger partial charge on any atom is -0.512 e. The number of hydrogen-bond donors (Lipinski definition) is 1. The van der Waals surface area contributed by atoms with Gasteiger partial charge in [-0.3, -0.25) is 4.79 Å². The van der Waals surface area contributed by atoms with Gasteiger partial charge in [0.15, 0.2) is 11.7 Å². The van der Waals surface area contributed by atoms with Gasteiger partial charge in [0.1, 0.15) is 11.2 Å². The molecule has 6 aromatic rings. The van der Waals surface area contributed by atoms with Gasteiger partial charge >= 0.3 is 0 Å². The normalized spacial score (nSPS) is 12.6. The second-order valence-corrected chi connectivity index (χ2v) is 16.5. The van der Waals surface area contributed by atoms with Gasteiger partial charge in [-0.2, -0.15) is 0 Å². The van der Waals surface area contributed by atoms with Gasteiger partial charge < -0.3 is 13.9 Å². The van der Waals surface area contributed by atoms with E-state index < -0.39 is 0 Å². The fourth-order valence-corrected chi connectivity index (χ4v) is 7.03. The SMILES string of the molecule is CC(C)(C)Cc1ccc2nc(-c3[c-]c4ccccc4c4oc5cc(CC(C)(C)C)ccc5c34)oc2c1.CCC(CC)C(=O)/C=C(\O)C(CC)CC.[Ir]. The summed E-state index contributed by atoms with van der Waals surface area (Å²) in [4.78, 5) is 16.6. The predicted molar refractivity (Wildman–Crippen MR) is 213 cm³/mol. The monoisotopic (exact) mass is 879 g/mol. The number of allylic oxidation sites excluding steroid dienone is 2. The van der Waals surface area contributed by atoms with Crippen molar-refractivity contribution in [2.24, 2.45) is 22.7 Å². The van der Waals surface area contributed by atoms with Gasteiger partial charge in [0.05, 0.1) is 16.9 Å². The van der Waals surface area contributed by atoms with Crippen LogP contribution >= 0.6 is 0 Å². The molecular formula is C46H56IrNO4-. The molecule has 0 fully saturated rings.